The Hall–Kier alpha value is -0.650. The lowest BCUT2D eigenvalue weighted by atomic mass is 10.0. The Balaban J connectivity index is 2.13. The summed E-state index contributed by atoms with van der Waals surface area (Å²) in [5.41, 5.74) is 2.11. The molecule has 0 aromatic heterocycles. The van der Waals surface area contributed by atoms with Gasteiger partial charge >= 0.3 is 0 Å². The van der Waals surface area contributed by atoms with Crippen LogP contribution in [0.5, 0.6) is 0 Å². The Morgan fingerprint density at radius 3 is 2.78 bits per heavy atom. The van der Waals surface area contributed by atoms with E-state index in [9.17, 15) is 4.79 Å². The highest BCUT2D eigenvalue weighted by Crippen LogP contribution is 2.21. The average Bonchev–Trinajstić information content (AvgIpc) is 2.25. The molecule has 1 heterocycles. The second-order valence-electron chi connectivity index (χ2n) is 5.80. The number of rotatable bonds is 6. The first-order valence-corrected chi connectivity index (χ1v) is 6.82. The lowest BCUT2D eigenvalue weighted by molar-refractivity contribution is -0.128. The zero-order chi connectivity index (χ0) is 13.6. The topological polar surface area (TPSA) is 67.6 Å². The van der Waals surface area contributed by atoms with Crippen LogP contribution in [0.4, 0.5) is 0 Å². The molecule has 0 saturated carbocycles. The molecule has 5 nitrogen and oxygen atoms in total. The van der Waals surface area contributed by atoms with Crippen molar-refractivity contribution < 1.29 is 9.53 Å². The van der Waals surface area contributed by atoms with Gasteiger partial charge in [-0.2, -0.15) is 0 Å². The molecule has 1 unspecified atom stereocenters. The van der Waals surface area contributed by atoms with Crippen molar-refractivity contribution in [2.24, 2.45) is 5.84 Å². The largest absolute Gasteiger partial charge is 0.370 e. The van der Waals surface area contributed by atoms with Gasteiger partial charge in [-0.05, 0) is 40.2 Å². The molecule has 1 amide bonds. The van der Waals surface area contributed by atoms with E-state index in [1.807, 2.05) is 0 Å². The number of unbranched alkanes of at least 4 members (excludes halogenated alkanes) is 2. The van der Waals surface area contributed by atoms with Crippen LogP contribution in [-0.4, -0.2) is 42.1 Å². The molecule has 3 N–H and O–H groups in total. The lowest BCUT2D eigenvalue weighted by Gasteiger charge is -2.41. The SMILES string of the molecule is CC1CN(CCCCCC(=O)NN)CC(C)(C)O1. The van der Waals surface area contributed by atoms with Crippen molar-refractivity contribution in [1.82, 2.24) is 10.3 Å². The molecule has 0 bridgehead atoms. The molecule has 0 aromatic carbocycles. The van der Waals surface area contributed by atoms with E-state index in [4.69, 9.17) is 10.6 Å². The molecule has 0 aromatic rings. The van der Waals surface area contributed by atoms with Gasteiger partial charge in [-0.15, -0.1) is 0 Å². The monoisotopic (exact) mass is 257 g/mol. The van der Waals surface area contributed by atoms with Crippen LogP contribution in [0.2, 0.25) is 0 Å². The fourth-order valence-electron chi connectivity index (χ4n) is 2.63. The third kappa shape index (κ3) is 5.80. The minimum absolute atomic E-state index is 0.0445. The quantitative estimate of drug-likeness (QED) is 0.323. The molecule has 1 aliphatic rings. The zero-order valence-corrected chi connectivity index (χ0v) is 11.9. The molecular weight excluding hydrogens is 230 g/mol. The fraction of sp³-hybridized carbons (Fsp3) is 0.923. The number of nitrogens with two attached hydrogens (primary N) is 1. The van der Waals surface area contributed by atoms with Crippen LogP contribution in [0.25, 0.3) is 0 Å². The van der Waals surface area contributed by atoms with Gasteiger partial charge in [-0.1, -0.05) is 6.42 Å². The van der Waals surface area contributed by atoms with E-state index in [1.165, 1.54) is 0 Å². The standard InChI is InChI=1S/C13H27N3O2/c1-11-9-16(10-13(2,3)18-11)8-6-4-5-7-12(17)15-14/h11H,4-10,14H2,1-3H3,(H,15,17). The van der Waals surface area contributed by atoms with Gasteiger partial charge < -0.3 is 4.74 Å². The minimum Gasteiger partial charge on any atom is -0.370 e. The first-order chi connectivity index (χ1) is 8.43. The number of hydrazine groups is 1. The van der Waals surface area contributed by atoms with Crippen molar-refractivity contribution in [3.63, 3.8) is 0 Å². The van der Waals surface area contributed by atoms with Gasteiger partial charge in [-0.3, -0.25) is 15.1 Å². The Morgan fingerprint density at radius 2 is 2.17 bits per heavy atom. The third-order valence-electron chi connectivity index (χ3n) is 3.18. The van der Waals surface area contributed by atoms with E-state index < -0.39 is 0 Å². The Bertz CT molecular complexity index is 269. The summed E-state index contributed by atoms with van der Waals surface area (Å²) in [5.74, 6) is 4.95. The molecule has 18 heavy (non-hydrogen) atoms. The summed E-state index contributed by atoms with van der Waals surface area (Å²) < 4.78 is 5.87. The van der Waals surface area contributed by atoms with Crippen LogP contribution in [0.1, 0.15) is 46.5 Å². The summed E-state index contributed by atoms with van der Waals surface area (Å²) >= 11 is 0. The number of amides is 1. The molecule has 1 atom stereocenters. The van der Waals surface area contributed by atoms with Crippen LogP contribution in [-0.2, 0) is 9.53 Å². The van der Waals surface area contributed by atoms with Crippen molar-refractivity contribution >= 4 is 5.91 Å². The number of ether oxygens (including phenoxy) is 1. The van der Waals surface area contributed by atoms with E-state index in [-0.39, 0.29) is 11.5 Å². The molecule has 1 aliphatic heterocycles. The number of hydrogen-bond acceptors (Lipinski definition) is 4. The molecule has 1 rings (SSSR count). The highest BCUT2D eigenvalue weighted by molar-refractivity contribution is 5.74. The van der Waals surface area contributed by atoms with Crippen LogP contribution >= 0.6 is 0 Å². The maximum Gasteiger partial charge on any atom is 0.233 e. The second-order valence-corrected chi connectivity index (χ2v) is 5.80. The third-order valence-corrected chi connectivity index (χ3v) is 3.18. The van der Waals surface area contributed by atoms with Crippen LogP contribution in [0.3, 0.4) is 0 Å². The number of nitrogens with zero attached hydrogens (tertiary/aromatic N) is 1. The van der Waals surface area contributed by atoms with E-state index >= 15 is 0 Å². The Labute approximate surface area is 110 Å². The number of nitrogens with one attached hydrogen (secondary N) is 1. The van der Waals surface area contributed by atoms with E-state index in [1.54, 1.807) is 0 Å². The summed E-state index contributed by atoms with van der Waals surface area (Å²) in [6.45, 7) is 9.48. The van der Waals surface area contributed by atoms with Crippen molar-refractivity contribution in [3.05, 3.63) is 0 Å². The summed E-state index contributed by atoms with van der Waals surface area (Å²) in [7, 11) is 0. The van der Waals surface area contributed by atoms with Crippen molar-refractivity contribution in [3.8, 4) is 0 Å². The Morgan fingerprint density at radius 1 is 1.44 bits per heavy atom. The summed E-state index contributed by atoms with van der Waals surface area (Å²) in [4.78, 5) is 13.4. The maximum absolute atomic E-state index is 10.9. The average molecular weight is 257 g/mol. The highest BCUT2D eigenvalue weighted by Gasteiger charge is 2.30. The zero-order valence-electron chi connectivity index (χ0n) is 11.9. The molecular formula is C13H27N3O2. The van der Waals surface area contributed by atoms with Gasteiger partial charge in [0.1, 0.15) is 0 Å². The summed E-state index contributed by atoms with van der Waals surface area (Å²) in [6, 6.07) is 0. The van der Waals surface area contributed by atoms with Crippen LogP contribution < -0.4 is 11.3 Å². The first kappa shape index (κ1) is 15.4. The minimum atomic E-state index is -0.0730. The highest BCUT2D eigenvalue weighted by atomic mass is 16.5. The molecule has 1 saturated heterocycles. The van der Waals surface area contributed by atoms with Gasteiger partial charge in [0.2, 0.25) is 5.91 Å². The van der Waals surface area contributed by atoms with Crippen molar-refractivity contribution in [2.45, 2.75) is 58.2 Å². The van der Waals surface area contributed by atoms with E-state index in [2.05, 4.69) is 31.1 Å². The molecule has 1 fully saturated rings. The second kappa shape index (κ2) is 7.07. The summed E-state index contributed by atoms with van der Waals surface area (Å²) in [5, 5.41) is 0. The normalized spacial score (nSPS) is 23.9. The van der Waals surface area contributed by atoms with Gasteiger partial charge in [0.25, 0.3) is 0 Å². The van der Waals surface area contributed by atoms with Crippen molar-refractivity contribution in [1.29, 1.82) is 0 Å². The number of morpholine rings is 1. The van der Waals surface area contributed by atoms with Crippen LogP contribution in [0.15, 0.2) is 0 Å². The summed E-state index contributed by atoms with van der Waals surface area (Å²) in [6.07, 6.45) is 3.94. The fourth-order valence-corrected chi connectivity index (χ4v) is 2.63. The van der Waals surface area contributed by atoms with Gasteiger partial charge in [0, 0.05) is 19.5 Å². The number of carbonyl (C=O) groups is 1. The van der Waals surface area contributed by atoms with Crippen molar-refractivity contribution in [2.75, 3.05) is 19.6 Å². The van der Waals surface area contributed by atoms with Gasteiger partial charge in [0.15, 0.2) is 0 Å². The lowest BCUT2D eigenvalue weighted by Crippen LogP contribution is -2.51. The first-order valence-electron chi connectivity index (χ1n) is 6.82. The maximum atomic E-state index is 10.9. The van der Waals surface area contributed by atoms with Gasteiger partial charge in [-0.25, -0.2) is 5.84 Å². The van der Waals surface area contributed by atoms with E-state index in [0.29, 0.717) is 12.5 Å². The molecule has 0 spiro atoms. The predicted octanol–water partition coefficient (Wildman–Crippen LogP) is 1.04. The molecule has 106 valence electrons. The Kier molecular flexibility index (Phi) is 6.05. The predicted molar refractivity (Wildman–Crippen MR) is 71.9 cm³/mol. The molecule has 0 aliphatic carbocycles. The van der Waals surface area contributed by atoms with Gasteiger partial charge in [0.05, 0.1) is 11.7 Å². The molecule has 5 heteroatoms. The number of hydrogen-bond donors (Lipinski definition) is 2. The molecule has 0 radical (unpaired) electrons. The smallest absolute Gasteiger partial charge is 0.233 e. The van der Waals surface area contributed by atoms with E-state index in [0.717, 1.165) is 38.9 Å². The van der Waals surface area contributed by atoms with Crippen LogP contribution in [0, 0.1) is 0 Å². The number of carbonyl (C=O) groups excluding carboxylic acids is 1.